The molecule has 1 amide bonds. The van der Waals surface area contributed by atoms with Gasteiger partial charge in [0.05, 0.1) is 5.56 Å². The minimum atomic E-state index is -0.506. The minimum absolute atomic E-state index is 0.0530. The Kier molecular flexibility index (Phi) is 4.47. The van der Waals surface area contributed by atoms with E-state index in [1.807, 2.05) is 18.2 Å². The Morgan fingerprint density at radius 1 is 1.03 bits per heavy atom. The van der Waals surface area contributed by atoms with Crippen molar-refractivity contribution in [3.8, 4) is 11.6 Å². The molecule has 4 atom stereocenters. The van der Waals surface area contributed by atoms with E-state index in [1.54, 1.807) is 12.1 Å². The normalized spacial score (nSPS) is 24.0. The van der Waals surface area contributed by atoms with E-state index in [4.69, 9.17) is 16.2 Å². The zero-order valence-electron chi connectivity index (χ0n) is 16.3. The number of hydrogen-bond acceptors (Lipinski definition) is 4. The summed E-state index contributed by atoms with van der Waals surface area (Å²) in [7, 11) is 0. The third kappa shape index (κ3) is 3.25. The summed E-state index contributed by atoms with van der Waals surface area (Å²) >= 11 is 0. The van der Waals surface area contributed by atoms with Gasteiger partial charge in [-0.15, -0.1) is 0 Å². The molecule has 5 heteroatoms. The van der Waals surface area contributed by atoms with Crippen molar-refractivity contribution in [2.75, 3.05) is 0 Å². The average Bonchev–Trinajstić information content (AvgIpc) is 3.38. The van der Waals surface area contributed by atoms with Crippen molar-refractivity contribution in [1.82, 2.24) is 4.98 Å². The molecule has 29 heavy (non-hydrogen) atoms. The first-order valence-corrected chi connectivity index (χ1v) is 10.3. The van der Waals surface area contributed by atoms with Crippen LogP contribution in [0.5, 0.6) is 11.6 Å². The highest BCUT2D eigenvalue weighted by Gasteiger charge is 2.42. The van der Waals surface area contributed by atoms with E-state index in [-0.39, 0.29) is 6.04 Å². The number of carbonyl (C=O) groups is 1. The van der Waals surface area contributed by atoms with Crippen molar-refractivity contribution in [2.24, 2.45) is 29.2 Å². The van der Waals surface area contributed by atoms with E-state index in [1.165, 1.54) is 37.4 Å². The molecular formula is C24H25N3O2. The lowest BCUT2D eigenvalue weighted by molar-refractivity contribution is 0.1000. The Morgan fingerprint density at radius 2 is 1.86 bits per heavy atom. The minimum Gasteiger partial charge on any atom is -0.438 e. The average molecular weight is 387 g/mol. The van der Waals surface area contributed by atoms with E-state index in [2.05, 4.69) is 23.2 Å². The first-order chi connectivity index (χ1) is 14.1. The number of pyridine rings is 1. The van der Waals surface area contributed by atoms with E-state index in [0.29, 0.717) is 17.4 Å². The number of primary amides is 1. The summed E-state index contributed by atoms with van der Waals surface area (Å²) in [5, 5.41) is 2.15. The van der Waals surface area contributed by atoms with Crippen LogP contribution in [-0.2, 0) is 0 Å². The van der Waals surface area contributed by atoms with Crippen molar-refractivity contribution in [3.63, 3.8) is 0 Å². The van der Waals surface area contributed by atoms with Gasteiger partial charge in [0.15, 0.2) is 0 Å². The maximum atomic E-state index is 11.2. The Morgan fingerprint density at radius 3 is 2.52 bits per heavy atom. The fraction of sp³-hybridized carbons (Fsp3) is 0.333. The summed E-state index contributed by atoms with van der Waals surface area (Å²) in [6.45, 7) is 0. The Balaban J connectivity index is 1.47. The van der Waals surface area contributed by atoms with Gasteiger partial charge in [0.25, 0.3) is 0 Å². The van der Waals surface area contributed by atoms with Gasteiger partial charge in [0, 0.05) is 23.7 Å². The Bertz CT molecular complexity index is 1060. The fourth-order valence-corrected chi connectivity index (χ4v) is 5.34. The van der Waals surface area contributed by atoms with Gasteiger partial charge in [-0.1, -0.05) is 36.8 Å². The molecule has 2 fully saturated rings. The van der Waals surface area contributed by atoms with Crippen LogP contribution >= 0.6 is 0 Å². The lowest BCUT2D eigenvalue weighted by Gasteiger charge is -2.29. The second-order valence-corrected chi connectivity index (χ2v) is 8.41. The van der Waals surface area contributed by atoms with Crippen molar-refractivity contribution in [2.45, 2.75) is 31.7 Å². The summed E-state index contributed by atoms with van der Waals surface area (Å²) in [5.41, 5.74) is 13.6. The van der Waals surface area contributed by atoms with Gasteiger partial charge in [-0.2, -0.15) is 0 Å². The second-order valence-electron chi connectivity index (χ2n) is 8.41. The monoisotopic (exact) mass is 387 g/mol. The highest BCUT2D eigenvalue weighted by atomic mass is 16.5. The second kappa shape index (κ2) is 7.16. The van der Waals surface area contributed by atoms with E-state index in [0.717, 1.165) is 28.4 Å². The number of ether oxygens (including phenoxy) is 1. The molecule has 0 spiro atoms. The zero-order chi connectivity index (χ0) is 20.0. The standard InChI is InChI=1S/C24H25N3O2/c25-23(20-12-14-5-6-15(20)11-14)19-8-9-21(18-4-2-1-3-17(18)19)29-22-10-7-16(13-27-22)24(26)28/h1-4,7-10,13-15,20,23H,5-6,11-12,25H2,(H2,26,28)/t14-,15+,20-,23?/m0/s1. The number of fused-ring (bicyclic) bond motifs is 3. The van der Waals surface area contributed by atoms with Gasteiger partial charge in [-0.25, -0.2) is 4.98 Å². The van der Waals surface area contributed by atoms with Crippen LogP contribution in [0.1, 0.15) is 47.6 Å². The van der Waals surface area contributed by atoms with Crippen LogP contribution in [0.15, 0.2) is 54.7 Å². The highest BCUT2D eigenvalue weighted by Crippen LogP contribution is 2.52. The van der Waals surface area contributed by atoms with Gasteiger partial charge >= 0.3 is 0 Å². The largest absolute Gasteiger partial charge is 0.438 e. The molecule has 2 saturated carbocycles. The van der Waals surface area contributed by atoms with Crippen LogP contribution in [0.3, 0.4) is 0 Å². The van der Waals surface area contributed by atoms with Crippen LogP contribution in [-0.4, -0.2) is 10.9 Å². The van der Waals surface area contributed by atoms with Gasteiger partial charge in [-0.3, -0.25) is 4.79 Å². The zero-order valence-corrected chi connectivity index (χ0v) is 16.3. The van der Waals surface area contributed by atoms with Crippen LogP contribution in [0.2, 0.25) is 0 Å². The molecule has 0 aliphatic heterocycles. The number of nitrogens with two attached hydrogens (primary N) is 2. The van der Waals surface area contributed by atoms with Crippen LogP contribution in [0.25, 0.3) is 10.8 Å². The van der Waals surface area contributed by atoms with Gasteiger partial charge in [-0.05, 0) is 60.1 Å². The summed E-state index contributed by atoms with van der Waals surface area (Å²) in [6.07, 6.45) is 6.75. The molecule has 5 rings (SSSR count). The van der Waals surface area contributed by atoms with Crippen LogP contribution < -0.4 is 16.2 Å². The lowest BCUT2D eigenvalue weighted by Crippen LogP contribution is -2.26. The van der Waals surface area contributed by atoms with Crippen molar-refractivity contribution < 1.29 is 9.53 Å². The molecular weight excluding hydrogens is 362 g/mol. The van der Waals surface area contributed by atoms with E-state index < -0.39 is 5.91 Å². The SMILES string of the molecule is NC(=O)c1ccc(Oc2ccc(C(N)[C@H]3C[C@H]4CC[C@@H]3C4)c3ccccc23)nc1. The Hall–Kier alpha value is -2.92. The first-order valence-electron chi connectivity index (χ1n) is 10.3. The number of amides is 1. The molecule has 2 aliphatic carbocycles. The summed E-state index contributed by atoms with van der Waals surface area (Å²) in [5.74, 6) is 2.87. The molecule has 5 nitrogen and oxygen atoms in total. The molecule has 2 bridgehead atoms. The van der Waals surface area contributed by atoms with Gasteiger partial charge < -0.3 is 16.2 Å². The summed E-state index contributed by atoms with van der Waals surface area (Å²) < 4.78 is 6.03. The quantitative estimate of drug-likeness (QED) is 0.671. The molecule has 1 heterocycles. The molecule has 1 aromatic heterocycles. The Labute approximate surface area is 170 Å². The maximum Gasteiger partial charge on any atom is 0.250 e. The van der Waals surface area contributed by atoms with Gasteiger partial charge in [0.2, 0.25) is 11.8 Å². The maximum absolute atomic E-state index is 11.2. The molecule has 2 aromatic carbocycles. The molecule has 1 unspecified atom stereocenters. The highest BCUT2D eigenvalue weighted by molar-refractivity contribution is 5.93. The molecule has 3 aromatic rings. The first kappa shape index (κ1) is 18.1. The number of nitrogens with zero attached hydrogens (tertiary/aromatic N) is 1. The molecule has 0 saturated heterocycles. The number of carbonyl (C=O) groups excluding carboxylic acids is 1. The van der Waals surface area contributed by atoms with Crippen molar-refractivity contribution in [3.05, 3.63) is 65.9 Å². The van der Waals surface area contributed by atoms with Crippen molar-refractivity contribution >= 4 is 16.7 Å². The van der Waals surface area contributed by atoms with Crippen LogP contribution in [0, 0.1) is 17.8 Å². The topological polar surface area (TPSA) is 91.2 Å². The summed E-state index contributed by atoms with van der Waals surface area (Å²) in [6, 6.07) is 15.6. The fourth-order valence-electron chi connectivity index (χ4n) is 5.34. The number of benzene rings is 2. The number of aromatic nitrogens is 1. The molecule has 148 valence electrons. The van der Waals surface area contributed by atoms with E-state index in [9.17, 15) is 4.79 Å². The van der Waals surface area contributed by atoms with Gasteiger partial charge in [0.1, 0.15) is 5.75 Å². The molecule has 2 aliphatic rings. The van der Waals surface area contributed by atoms with Crippen LogP contribution in [0.4, 0.5) is 0 Å². The van der Waals surface area contributed by atoms with Crippen molar-refractivity contribution in [1.29, 1.82) is 0 Å². The van der Waals surface area contributed by atoms with E-state index >= 15 is 0 Å². The summed E-state index contributed by atoms with van der Waals surface area (Å²) in [4.78, 5) is 15.4. The molecule has 4 N–H and O–H groups in total. The lowest BCUT2D eigenvalue weighted by atomic mass is 9.80. The predicted molar refractivity (Wildman–Crippen MR) is 113 cm³/mol. The number of rotatable bonds is 5. The predicted octanol–water partition coefficient (Wildman–Crippen LogP) is 4.56. The third-order valence-corrected chi connectivity index (χ3v) is 6.77. The smallest absolute Gasteiger partial charge is 0.250 e. The third-order valence-electron chi connectivity index (χ3n) is 6.77. The molecule has 0 radical (unpaired) electrons. The number of hydrogen-bond donors (Lipinski definition) is 2.